The lowest BCUT2D eigenvalue weighted by Crippen LogP contribution is -2.36. The molecule has 0 heterocycles. The van der Waals surface area contributed by atoms with Crippen molar-refractivity contribution in [1.82, 2.24) is 5.43 Å². The van der Waals surface area contributed by atoms with E-state index in [-0.39, 0.29) is 5.82 Å². The molecule has 0 aliphatic rings. The number of hydrazine groups is 1. The summed E-state index contributed by atoms with van der Waals surface area (Å²) in [4.78, 5) is 3.98. The Bertz CT molecular complexity index is 324. The zero-order chi connectivity index (χ0) is 10.4. The molecule has 5 heteroatoms. The molecule has 0 spiro atoms. The SMILES string of the molecule is CCN=C(NN)Nc1ccccc1F. The van der Waals surface area contributed by atoms with Crippen LogP contribution >= 0.6 is 0 Å². The molecule has 1 rings (SSSR count). The molecule has 0 aromatic heterocycles. The van der Waals surface area contributed by atoms with Gasteiger partial charge in [-0.15, -0.1) is 0 Å². The number of nitrogens with zero attached hydrogens (tertiary/aromatic N) is 1. The van der Waals surface area contributed by atoms with E-state index in [4.69, 9.17) is 5.84 Å². The van der Waals surface area contributed by atoms with Crippen LogP contribution in [0.4, 0.5) is 10.1 Å². The van der Waals surface area contributed by atoms with Crippen molar-refractivity contribution in [2.45, 2.75) is 6.92 Å². The highest BCUT2D eigenvalue weighted by molar-refractivity contribution is 5.93. The van der Waals surface area contributed by atoms with Gasteiger partial charge in [0.05, 0.1) is 5.69 Å². The van der Waals surface area contributed by atoms with Crippen LogP contribution in [0.25, 0.3) is 0 Å². The van der Waals surface area contributed by atoms with Gasteiger partial charge in [0.25, 0.3) is 0 Å². The number of hydrogen-bond donors (Lipinski definition) is 3. The third-order valence-corrected chi connectivity index (χ3v) is 1.58. The average molecular weight is 196 g/mol. The van der Waals surface area contributed by atoms with Crippen molar-refractivity contribution < 1.29 is 4.39 Å². The van der Waals surface area contributed by atoms with E-state index >= 15 is 0 Å². The summed E-state index contributed by atoms with van der Waals surface area (Å²) in [6, 6.07) is 6.32. The Labute approximate surface area is 82.0 Å². The zero-order valence-corrected chi connectivity index (χ0v) is 7.92. The molecule has 0 atom stereocenters. The Kier molecular flexibility index (Phi) is 3.87. The fourth-order valence-electron chi connectivity index (χ4n) is 0.970. The van der Waals surface area contributed by atoms with Crippen molar-refractivity contribution in [3.63, 3.8) is 0 Å². The molecule has 0 amide bonds. The lowest BCUT2D eigenvalue weighted by Gasteiger charge is -2.08. The predicted octanol–water partition coefficient (Wildman–Crippen LogP) is 1.08. The number of anilines is 1. The van der Waals surface area contributed by atoms with Crippen LogP contribution in [0.2, 0.25) is 0 Å². The fraction of sp³-hybridized carbons (Fsp3) is 0.222. The first-order chi connectivity index (χ1) is 6.77. The van der Waals surface area contributed by atoms with Crippen LogP contribution in [0.1, 0.15) is 6.92 Å². The van der Waals surface area contributed by atoms with Crippen LogP contribution in [-0.4, -0.2) is 12.5 Å². The minimum Gasteiger partial charge on any atom is -0.323 e. The van der Waals surface area contributed by atoms with Crippen molar-refractivity contribution in [2.75, 3.05) is 11.9 Å². The summed E-state index contributed by atoms with van der Waals surface area (Å²) >= 11 is 0. The van der Waals surface area contributed by atoms with Crippen molar-refractivity contribution in [1.29, 1.82) is 0 Å². The van der Waals surface area contributed by atoms with Crippen molar-refractivity contribution in [2.24, 2.45) is 10.8 Å². The Balaban J connectivity index is 2.77. The average Bonchev–Trinajstić information content (AvgIpc) is 2.20. The van der Waals surface area contributed by atoms with E-state index in [9.17, 15) is 4.39 Å². The second-order valence-corrected chi connectivity index (χ2v) is 2.57. The zero-order valence-electron chi connectivity index (χ0n) is 7.92. The van der Waals surface area contributed by atoms with Gasteiger partial charge in [-0.1, -0.05) is 12.1 Å². The van der Waals surface area contributed by atoms with Crippen LogP contribution in [0.15, 0.2) is 29.3 Å². The second-order valence-electron chi connectivity index (χ2n) is 2.57. The number of hydrogen-bond acceptors (Lipinski definition) is 2. The fourth-order valence-corrected chi connectivity index (χ4v) is 0.970. The minimum absolute atomic E-state index is 0.341. The Morgan fingerprint density at radius 2 is 2.21 bits per heavy atom. The Morgan fingerprint density at radius 1 is 1.50 bits per heavy atom. The van der Waals surface area contributed by atoms with Gasteiger partial charge in [-0.3, -0.25) is 10.4 Å². The minimum atomic E-state index is -0.341. The molecular weight excluding hydrogens is 183 g/mol. The monoisotopic (exact) mass is 196 g/mol. The van der Waals surface area contributed by atoms with Gasteiger partial charge in [-0.2, -0.15) is 0 Å². The Hall–Kier alpha value is -1.62. The molecule has 0 saturated heterocycles. The van der Waals surface area contributed by atoms with E-state index in [0.717, 1.165) is 0 Å². The molecule has 1 aromatic carbocycles. The van der Waals surface area contributed by atoms with Crippen LogP contribution < -0.4 is 16.6 Å². The Morgan fingerprint density at radius 3 is 2.79 bits per heavy atom. The number of aliphatic imine (C=N–C) groups is 1. The van der Waals surface area contributed by atoms with Gasteiger partial charge in [0.2, 0.25) is 5.96 Å². The number of halogens is 1. The largest absolute Gasteiger partial charge is 0.323 e. The highest BCUT2D eigenvalue weighted by Gasteiger charge is 2.01. The summed E-state index contributed by atoms with van der Waals surface area (Å²) in [5, 5.41) is 2.74. The third-order valence-electron chi connectivity index (χ3n) is 1.58. The van der Waals surface area contributed by atoms with E-state index in [1.165, 1.54) is 6.07 Å². The van der Waals surface area contributed by atoms with E-state index < -0.39 is 0 Å². The van der Waals surface area contributed by atoms with Crippen LogP contribution in [0.3, 0.4) is 0 Å². The molecule has 4 nitrogen and oxygen atoms in total. The number of guanidine groups is 1. The summed E-state index contributed by atoms with van der Waals surface area (Å²) in [6.07, 6.45) is 0. The van der Waals surface area contributed by atoms with Gasteiger partial charge >= 0.3 is 0 Å². The standard InChI is InChI=1S/C9H13FN4/c1-2-12-9(14-11)13-8-6-4-3-5-7(8)10/h3-6H,2,11H2,1H3,(H2,12,13,14). The first-order valence-corrected chi connectivity index (χ1v) is 4.30. The number of para-hydroxylation sites is 1. The molecule has 1 aromatic rings. The van der Waals surface area contributed by atoms with Crippen LogP contribution in [0.5, 0.6) is 0 Å². The summed E-state index contributed by atoms with van der Waals surface area (Å²) < 4.78 is 13.1. The maximum absolute atomic E-state index is 13.1. The maximum Gasteiger partial charge on any atom is 0.210 e. The number of nitrogens with two attached hydrogens (primary N) is 1. The molecule has 4 N–H and O–H groups in total. The van der Waals surface area contributed by atoms with E-state index in [1.54, 1.807) is 18.2 Å². The predicted molar refractivity (Wildman–Crippen MR) is 55.3 cm³/mol. The van der Waals surface area contributed by atoms with Gasteiger partial charge in [0.1, 0.15) is 5.82 Å². The van der Waals surface area contributed by atoms with Crippen molar-refractivity contribution in [3.8, 4) is 0 Å². The molecule has 0 aliphatic heterocycles. The summed E-state index contributed by atoms with van der Waals surface area (Å²) in [6.45, 7) is 2.43. The topological polar surface area (TPSA) is 62.4 Å². The molecular formula is C9H13FN4. The smallest absolute Gasteiger partial charge is 0.210 e. The first kappa shape index (κ1) is 10.5. The highest BCUT2D eigenvalue weighted by atomic mass is 19.1. The molecule has 0 bridgehead atoms. The van der Waals surface area contributed by atoms with Gasteiger partial charge < -0.3 is 5.32 Å². The number of nitrogens with one attached hydrogen (secondary N) is 2. The summed E-state index contributed by atoms with van der Waals surface area (Å²) in [7, 11) is 0. The molecule has 0 unspecified atom stereocenters. The summed E-state index contributed by atoms with van der Waals surface area (Å²) in [5.74, 6) is 5.19. The molecule has 14 heavy (non-hydrogen) atoms. The quantitative estimate of drug-likeness (QED) is 0.287. The van der Waals surface area contributed by atoms with Crippen molar-refractivity contribution in [3.05, 3.63) is 30.1 Å². The van der Waals surface area contributed by atoms with Crippen molar-refractivity contribution >= 4 is 11.6 Å². The molecule has 0 saturated carbocycles. The van der Waals surface area contributed by atoms with Crippen LogP contribution in [0, 0.1) is 5.82 Å². The van der Waals surface area contributed by atoms with Crippen LogP contribution in [-0.2, 0) is 0 Å². The first-order valence-electron chi connectivity index (χ1n) is 4.30. The summed E-state index contributed by atoms with van der Waals surface area (Å²) in [5.41, 5.74) is 2.70. The third kappa shape index (κ3) is 2.70. The van der Waals surface area contributed by atoms with E-state index in [2.05, 4.69) is 15.7 Å². The van der Waals surface area contributed by atoms with Gasteiger partial charge in [0.15, 0.2) is 0 Å². The number of benzene rings is 1. The lowest BCUT2D eigenvalue weighted by molar-refractivity contribution is 0.632. The molecule has 0 aliphatic carbocycles. The maximum atomic E-state index is 13.1. The molecule has 76 valence electrons. The van der Waals surface area contributed by atoms with E-state index in [1.807, 2.05) is 6.92 Å². The van der Waals surface area contributed by atoms with E-state index in [0.29, 0.717) is 18.2 Å². The molecule has 0 radical (unpaired) electrons. The highest BCUT2D eigenvalue weighted by Crippen LogP contribution is 2.11. The lowest BCUT2D eigenvalue weighted by atomic mass is 10.3. The van der Waals surface area contributed by atoms with Gasteiger partial charge in [-0.25, -0.2) is 10.2 Å². The second kappa shape index (κ2) is 5.18. The molecule has 0 fully saturated rings. The number of rotatable bonds is 2. The van der Waals surface area contributed by atoms with Gasteiger partial charge in [-0.05, 0) is 19.1 Å². The van der Waals surface area contributed by atoms with Gasteiger partial charge in [0, 0.05) is 6.54 Å². The normalized spacial score (nSPS) is 11.2.